The first-order valence-electron chi connectivity index (χ1n) is 11.3. The Hall–Kier alpha value is -2.00. The van der Waals surface area contributed by atoms with Crippen LogP contribution >= 0.6 is 0 Å². The molecule has 4 rings (SSSR count). The van der Waals surface area contributed by atoms with E-state index >= 15 is 0 Å². The first-order valence-corrected chi connectivity index (χ1v) is 11.3. The Morgan fingerprint density at radius 1 is 1.00 bits per heavy atom. The SMILES string of the molecule is NCCC1CCC(NC2CCC(c3ccc(C(F)(F)F)cc3-c3nn[nH]n3)CC2)CC1. The molecule has 2 aliphatic rings. The molecule has 1 aromatic carbocycles. The molecule has 2 saturated carbocycles. The molecule has 6 nitrogen and oxygen atoms in total. The van der Waals surface area contributed by atoms with Crippen LogP contribution in [0.4, 0.5) is 13.2 Å². The molecule has 0 atom stereocenters. The van der Waals surface area contributed by atoms with E-state index in [4.69, 9.17) is 5.73 Å². The zero-order valence-electron chi connectivity index (χ0n) is 17.7. The Labute approximate surface area is 180 Å². The molecule has 2 aromatic rings. The van der Waals surface area contributed by atoms with Crippen molar-refractivity contribution in [3.05, 3.63) is 29.3 Å². The van der Waals surface area contributed by atoms with Gasteiger partial charge in [0.1, 0.15) is 0 Å². The lowest BCUT2D eigenvalue weighted by Gasteiger charge is -2.36. The summed E-state index contributed by atoms with van der Waals surface area (Å²) in [7, 11) is 0. The van der Waals surface area contributed by atoms with Crippen LogP contribution in [0.2, 0.25) is 0 Å². The predicted octanol–water partition coefficient (Wildman–Crippen LogP) is 4.41. The maximum absolute atomic E-state index is 13.2. The van der Waals surface area contributed by atoms with Crippen LogP contribution in [0.5, 0.6) is 0 Å². The van der Waals surface area contributed by atoms with Gasteiger partial charge < -0.3 is 11.1 Å². The van der Waals surface area contributed by atoms with Crippen molar-refractivity contribution >= 4 is 0 Å². The molecule has 0 aliphatic heterocycles. The van der Waals surface area contributed by atoms with E-state index < -0.39 is 11.7 Å². The molecule has 4 N–H and O–H groups in total. The van der Waals surface area contributed by atoms with Crippen molar-refractivity contribution in [2.75, 3.05) is 6.54 Å². The fourth-order valence-corrected chi connectivity index (χ4v) is 5.32. The minimum Gasteiger partial charge on any atom is -0.330 e. The molecule has 2 aliphatic carbocycles. The second-order valence-electron chi connectivity index (χ2n) is 9.05. The zero-order valence-corrected chi connectivity index (χ0v) is 17.7. The lowest BCUT2D eigenvalue weighted by Crippen LogP contribution is -2.42. The van der Waals surface area contributed by atoms with Crippen molar-refractivity contribution in [3.8, 4) is 11.4 Å². The number of hydrogen-bond donors (Lipinski definition) is 3. The van der Waals surface area contributed by atoms with Crippen LogP contribution in [-0.2, 0) is 6.18 Å². The topological polar surface area (TPSA) is 92.5 Å². The standard InChI is InChI=1S/C22H31F3N6/c23-22(24,25)16-5-10-19(20(13-16)21-28-30-31-29-21)15-3-8-18(9-4-15)27-17-6-1-14(2-7-17)11-12-26/h5,10,13-15,17-18,27H,1-4,6-9,11-12,26H2,(H,28,29,30,31). The fraction of sp³-hybridized carbons (Fsp3) is 0.682. The average Bonchev–Trinajstić information content (AvgIpc) is 3.30. The normalized spacial score (nSPS) is 27.4. The molecule has 31 heavy (non-hydrogen) atoms. The van der Waals surface area contributed by atoms with Crippen molar-refractivity contribution in [3.63, 3.8) is 0 Å². The van der Waals surface area contributed by atoms with Crippen molar-refractivity contribution in [2.45, 2.75) is 82.0 Å². The zero-order chi connectivity index (χ0) is 21.8. The summed E-state index contributed by atoms with van der Waals surface area (Å²) in [6.07, 6.45) is 5.60. The van der Waals surface area contributed by atoms with E-state index in [2.05, 4.69) is 25.9 Å². The minimum absolute atomic E-state index is 0.203. The monoisotopic (exact) mass is 436 g/mol. The van der Waals surface area contributed by atoms with Crippen LogP contribution in [0.1, 0.15) is 74.8 Å². The summed E-state index contributed by atoms with van der Waals surface area (Å²) in [6, 6.07) is 4.99. The number of halogens is 3. The van der Waals surface area contributed by atoms with E-state index in [1.165, 1.54) is 31.7 Å². The second kappa shape index (κ2) is 9.65. The van der Waals surface area contributed by atoms with E-state index in [-0.39, 0.29) is 11.7 Å². The lowest BCUT2D eigenvalue weighted by atomic mass is 9.78. The number of aromatic amines is 1. The Kier molecular flexibility index (Phi) is 6.91. The highest BCUT2D eigenvalue weighted by Gasteiger charge is 2.33. The number of aromatic nitrogens is 4. The van der Waals surface area contributed by atoms with Crippen LogP contribution in [0, 0.1) is 5.92 Å². The van der Waals surface area contributed by atoms with E-state index in [0.29, 0.717) is 17.6 Å². The van der Waals surface area contributed by atoms with Crippen molar-refractivity contribution in [2.24, 2.45) is 11.7 Å². The smallest absolute Gasteiger partial charge is 0.330 e. The van der Waals surface area contributed by atoms with Gasteiger partial charge in [0.25, 0.3) is 0 Å². The van der Waals surface area contributed by atoms with E-state index in [1.807, 2.05) is 0 Å². The van der Waals surface area contributed by atoms with Gasteiger partial charge in [-0.3, -0.25) is 0 Å². The van der Waals surface area contributed by atoms with E-state index in [0.717, 1.165) is 56.2 Å². The summed E-state index contributed by atoms with van der Waals surface area (Å²) >= 11 is 0. The van der Waals surface area contributed by atoms with Gasteiger partial charge in [-0.2, -0.15) is 18.4 Å². The highest BCUT2D eigenvalue weighted by atomic mass is 19.4. The van der Waals surface area contributed by atoms with E-state index in [9.17, 15) is 13.2 Å². The molecule has 0 amide bonds. The van der Waals surface area contributed by atoms with Crippen LogP contribution in [0.25, 0.3) is 11.4 Å². The van der Waals surface area contributed by atoms with Crippen LogP contribution in [-0.4, -0.2) is 39.3 Å². The Balaban J connectivity index is 1.39. The summed E-state index contributed by atoms with van der Waals surface area (Å²) in [5.74, 6) is 1.20. The fourth-order valence-electron chi connectivity index (χ4n) is 5.32. The van der Waals surface area contributed by atoms with Crippen molar-refractivity contribution in [1.29, 1.82) is 0 Å². The van der Waals surface area contributed by atoms with Gasteiger partial charge in [-0.1, -0.05) is 6.07 Å². The van der Waals surface area contributed by atoms with Gasteiger partial charge in [0.2, 0.25) is 5.82 Å². The summed E-state index contributed by atoms with van der Waals surface area (Å²) < 4.78 is 39.7. The third-order valence-corrected chi connectivity index (χ3v) is 7.03. The molecule has 1 aromatic heterocycles. The summed E-state index contributed by atoms with van der Waals surface area (Å²) in [6.45, 7) is 0.780. The van der Waals surface area contributed by atoms with Gasteiger partial charge in [0, 0.05) is 17.6 Å². The average molecular weight is 437 g/mol. The Bertz CT molecular complexity index is 822. The molecule has 9 heteroatoms. The highest BCUT2D eigenvalue weighted by Crippen LogP contribution is 2.40. The summed E-state index contributed by atoms with van der Waals surface area (Å²) in [5, 5.41) is 17.6. The molecule has 0 bridgehead atoms. The molecular weight excluding hydrogens is 405 g/mol. The molecular formula is C22H31F3N6. The summed E-state index contributed by atoms with van der Waals surface area (Å²) in [5.41, 5.74) is 6.32. The lowest BCUT2D eigenvalue weighted by molar-refractivity contribution is -0.137. The quantitative estimate of drug-likeness (QED) is 0.624. The first kappa shape index (κ1) is 22.2. The number of H-pyrrole nitrogens is 1. The van der Waals surface area contributed by atoms with Crippen molar-refractivity contribution < 1.29 is 13.2 Å². The van der Waals surface area contributed by atoms with Gasteiger partial charge in [0.05, 0.1) is 5.56 Å². The molecule has 2 fully saturated rings. The minimum atomic E-state index is -4.40. The number of nitrogens with one attached hydrogen (secondary N) is 2. The number of tetrazole rings is 1. The number of nitrogens with two attached hydrogens (primary N) is 1. The second-order valence-corrected chi connectivity index (χ2v) is 9.05. The molecule has 170 valence electrons. The maximum Gasteiger partial charge on any atom is 0.416 e. The van der Waals surface area contributed by atoms with Crippen LogP contribution in [0.15, 0.2) is 18.2 Å². The molecule has 0 radical (unpaired) electrons. The Morgan fingerprint density at radius 3 is 2.26 bits per heavy atom. The number of nitrogens with zero attached hydrogens (tertiary/aromatic N) is 3. The van der Waals surface area contributed by atoms with Crippen LogP contribution < -0.4 is 11.1 Å². The highest BCUT2D eigenvalue weighted by molar-refractivity contribution is 5.62. The molecule has 0 spiro atoms. The van der Waals surface area contributed by atoms with Gasteiger partial charge >= 0.3 is 6.18 Å². The number of alkyl halides is 3. The van der Waals surface area contributed by atoms with Gasteiger partial charge in [-0.05, 0) is 99.1 Å². The molecule has 0 saturated heterocycles. The van der Waals surface area contributed by atoms with Gasteiger partial charge in [0.15, 0.2) is 0 Å². The third-order valence-electron chi connectivity index (χ3n) is 7.03. The van der Waals surface area contributed by atoms with Crippen LogP contribution in [0.3, 0.4) is 0 Å². The number of rotatable bonds is 6. The molecule has 0 unspecified atom stereocenters. The molecule has 1 heterocycles. The number of benzene rings is 1. The number of hydrogen-bond acceptors (Lipinski definition) is 5. The maximum atomic E-state index is 13.2. The first-order chi connectivity index (χ1) is 14.9. The summed E-state index contributed by atoms with van der Waals surface area (Å²) in [4.78, 5) is 0. The van der Waals surface area contributed by atoms with Gasteiger partial charge in [-0.15, -0.1) is 10.2 Å². The van der Waals surface area contributed by atoms with Crippen molar-refractivity contribution in [1.82, 2.24) is 25.9 Å². The van der Waals surface area contributed by atoms with E-state index in [1.54, 1.807) is 6.07 Å². The largest absolute Gasteiger partial charge is 0.416 e. The Morgan fingerprint density at radius 2 is 1.68 bits per heavy atom. The van der Waals surface area contributed by atoms with Gasteiger partial charge in [-0.25, -0.2) is 0 Å². The predicted molar refractivity (Wildman–Crippen MR) is 112 cm³/mol. The third kappa shape index (κ3) is 5.44.